The Bertz CT molecular complexity index is 775. The highest BCUT2D eigenvalue weighted by Gasteiger charge is 2.40. The van der Waals surface area contributed by atoms with Crippen LogP contribution in [0, 0.1) is 18.7 Å². The average Bonchev–Trinajstić information content (AvgIpc) is 3.20. The molecule has 1 amide bonds. The lowest BCUT2D eigenvalue weighted by Crippen LogP contribution is -2.49. The molecule has 2 aliphatic heterocycles. The highest BCUT2D eigenvalue weighted by molar-refractivity contribution is 7.11. The van der Waals surface area contributed by atoms with Gasteiger partial charge in [-0.1, -0.05) is 6.07 Å². The standard InChI is InChI=1S/C20H23FN2OS/c1-14-5-6-18(25-14)12-22-9-7-15-8-10-23(19(15)13-22)20(24)16-3-2-4-17(21)11-16/h2-6,11,15,19H,7-10,12-13H2,1H3. The molecule has 3 nitrogen and oxygen atoms in total. The number of nitrogens with zero attached hydrogens (tertiary/aromatic N) is 2. The third-order valence-corrected chi connectivity index (χ3v) is 6.44. The second-order valence-corrected chi connectivity index (χ2v) is 8.53. The number of piperidine rings is 1. The van der Waals surface area contributed by atoms with Crippen LogP contribution in [0.25, 0.3) is 0 Å². The van der Waals surface area contributed by atoms with Gasteiger partial charge in [0, 0.05) is 41.0 Å². The molecule has 0 bridgehead atoms. The Morgan fingerprint density at radius 1 is 1.24 bits per heavy atom. The van der Waals surface area contributed by atoms with Crippen LogP contribution in [0.4, 0.5) is 4.39 Å². The largest absolute Gasteiger partial charge is 0.334 e. The van der Waals surface area contributed by atoms with Crippen molar-refractivity contribution in [3.63, 3.8) is 0 Å². The Kier molecular flexibility index (Phi) is 4.61. The highest BCUT2D eigenvalue weighted by Crippen LogP contribution is 2.33. The van der Waals surface area contributed by atoms with Crippen LogP contribution in [0.5, 0.6) is 0 Å². The quantitative estimate of drug-likeness (QED) is 0.830. The lowest BCUT2D eigenvalue weighted by molar-refractivity contribution is 0.0591. The number of likely N-dealkylation sites (tertiary alicyclic amines) is 2. The van der Waals surface area contributed by atoms with E-state index in [9.17, 15) is 9.18 Å². The molecule has 0 N–H and O–H groups in total. The molecule has 2 atom stereocenters. The molecule has 2 unspecified atom stereocenters. The van der Waals surface area contributed by atoms with E-state index in [0.29, 0.717) is 11.5 Å². The molecule has 3 heterocycles. The number of rotatable bonds is 3. The summed E-state index contributed by atoms with van der Waals surface area (Å²) in [6, 6.07) is 10.7. The number of carbonyl (C=O) groups is 1. The number of hydrogen-bond acceptors (Lipinski definition) is 3. The molecule has 2 saturated heterocycles. The molecular weight excluding hydrogens is 335 g/mol. The molecule has 132 valence electrons. The third-order valence-electron chi connectivity index (χ3n) is 5.45. The van der Waals surface area contributed by atoms with E-state index in [-0.39, 0.29) is 17.8 Å². The number of benzene rings is 1. The summed E-state index contributed by atoms with van der Waals surface area (Å²) in [5.74, 6) is 0.208. The van der Waals surface area contributed by atoms with Gasteiger partial charge in [-0.25, -0.2) is 4.39 Å². The van der Waals surface area contributed by atoms with Gasteiger partial charge >= 0.3 is 0 Å². The molecule has 0 spiro atoms. The lowest BCUT2D eigenvalue weighted by Gasteiger charge is -2.38. The van der Waals surface area contributed by atoms with Crippen molar-refractivity contribution in [2.45, 2.75) is 32.4 Å². The van der Waals surface area contributed by atoms with Crippen LogP contribution in [0.3, 0.4) is 0 Å². The summed E-state index contributed by atoms with van der Waals surface area (Å²) in [5, 5.41) is 0. The summed E-state index contributed by atoms with van der Waals surface area (Å²) in [6.45, 7) is 5.90. The van der Waals surface area contributed by atoms with Gasteiger partial charge in [0.1, 0.15) is 5.82 Å². The van der Waals surface area contributed by atoms with Crippen LogP contribution in [0.15, 0.2) is 36.4 Å². The Hall–Kier alpha value is -1.72. The van der Waals surface area contributed by atoms with Crippen LogP contribution in [0.2, 0.25) is 0 Å². The van der Waals surface area contributed by atoms with Crippen molar-refractivity contribution in [1.29, 1.82) is 0 Å². The van der Waals surface area contributed by atoms with Gasteiger partial charge in [0.05, 0.1) is 0 Å². The van der Waals surface area contributed by atoms with Crippen LogP contribution < -0.4 is 0 Å². The van der Waals surface area contributed by atoms with E-state index >= 15 is 0 Å². The molecule has 2 aliphatic rings. The molecular formula is C20H23FN2OS. The molecule has 25 heavy (non-hydrogen) atoms. The van der Waals surface area contributed by atoms with Crippen molar-refractivity contribution in [3.05, 3.63) is 57.5 Å². The maximum Gasteiger partial charge on any atom is 0.254 e. The summed E-state index contributed by atoms with van der Waals surface area (Å²) in [6.07, 6.45) is 2.21. The van der Waals surface area contributed by atoms with Crippen LogP contribution in [-0.2, 0) is 6.54 Å². The molecule has 0 radical (unpaired) electrons. The monoisotopic (exact) mass is 358 g/mol. The SMILES string of the molecule is Cc1ccc(CN2CCC3CCN(C(=O)c4cccc(F)c4)C3C2)s1. The minimum absolute atomic E-state index is 0.0270. The summed E-state index contributed by atoms with van der Waals surface area (Å²) < 4.78 is 13.5. The van der Waals surface area contributed by atoms with Gasteiger partial charge in [-0.3, -0.25) is 9.69 Å². The number of fused-ring (bicyclic) bond motifs is 1. The fraction of sp³-hybridized carbons (Fsp3) is 0.450. The van der Waals surface area contributed by atoms with Gasteiger partial charge in [-0.05, 0) is 62.6 Å². The van der Waals surface area contributed by atoms with Crippen LogP contribution in [-0.4, -0.2) is 41.4 Å². The molecule has 0 aliphatic carbocycles. The van der Waals surface area contributed by atoms with Gasteiger partial charge in [-0.2, -0.15) is 0 Å². The maximum absolute atomic E-state index is 13.5. The fourth-order valence-electron chi connectivity index (χ4n) is 4.18. The van der Waals surface area contributed by atoms with E-state index in [1.165, 1.54) is 21.9 Å². The van der Waals surface area contributed by atoms with Gasteiger partial charge in [-0.15, -0.1) is 11.3 Å². The summed E-state index contributed by atoms with van der Waals surface area (Å²) in [5.41, 5.74) is 0.464. The third kappa shape index (κ3) is 3.48. The zero-order valence-corrected chi connectivity index (χ0v) is 15.3. The van der Waals surface area contributed by atoms with Crippen molar-refractivity contribution in [2.24, 2.45) is 5.92 Å². The van der Waals surface area contributed by atoms with Crippen LogP contribution >= 0.6 is 11.3 Å². The second-order valence-electron chi connectivity index (χ2n) is 7.16. The van der Waals surface area contributed by atoms with Crippen molar-refractivity contribution in [1.82, 2.24) is 9.80 Å². The Balaban J connectivity index is 1.47. The smallest absolute Gasteiger partial charge is 0.254 e. The van der Waals surface area contributed by atoms with Gasteiger partial charge in [0.25, 0.3) is 5.91 Å². The van der Waals surface area contributed by atoms with Gasteiger partial charge in [0.2, 0.25) is 0 Å². The van der Waals surface area contributed by atoms with Crippen molar-refractivity contribution in [2.75, 3.05) is 19.6 Å². The Labute approximate surface area is 152 Å². The van der Waals surface area contributed by atoms with E-state index in [4.69, 9.17) is 0 Å². The van der Waals surface area contributed by atoms with E-state index in [1.807, 2.05) is 16.2 Å². The van der Waals surface area contributed by atoms with E-state index in [2.05, 4.69) is 24.0 Å². The number of carbonyl (C=O) groups excluding carboxylic acids is 1. The maximum atomic E-state index is 13.5. The average molecular weight is 358 g/mol. The summed E-state index contributed by atoms with van der Waals surface area (Å²) >= 11 is 1.85. The predicted octanol–water partition coefficient (Wildman–Crippen LogP) is 3.93. The van der Waals surface area contributed by atoms with E-state index in [0.717, 1.165) is 39.0 Å². The molecule has 4 rings (SSSR count). The predicted molar refractivity (Wildman–Crippen MR) is 98.3 cm³/mol. The molecule has 1 aromatic heterocycles. The first kappa shape index (κ1) is 16.7. The minimum Gasteiger partial charge on any atom is -0.334 e. The normalized spacial score (nSPS) is 23.7. The highest BCUT2D eigenvalue weighted by atomic mass is 32.1. The number of aryl methyl sites for hydroxylation is 1. The molecule has 1 aromatic carbocycles. The zero-order valence-electron chi connectivity index (χ0n) is 14.5. The Morgan fingerprint density at radius 2 is 2.08 bits per heavy atom. The molecule has 2 fully saturated rings. The molecule has 0 saturated carbocycles. The summed E-state index contributed by atoms with van der Waals surface area (Å²) in [4.78, 5) is 20.0. The summed E-state index contributed by atoms with van der Waals surface area (Å²) in [7, 11) is 0. The number of amides is 1. The first-order valence-electron chi connectivity index (χ1n) is 8.94. The fourth-order valence-corrected chi connectivity index (χ4v) is 5.11. The first-order chi connectivity index (χ1) is 12.1. The van der Waals surface area contributed by atoms with Gasteiger partial charge < -0.3 is 4.90 Å². The van der Waals surface area contributed by atoms with E-state index in [1.54, 1.807) is 12.1 Å². The van der Waals surface area contributed by atoms with Gasteiger partial charge in [0.15, 0.2) is 0 Å². The number of hydrogen-bond donors (Lipinski definition) is 0. The molecule has 5 heteroatoms. The first-order valence-corrected chi connectivity index (χ1v) is 9.76. The topological polar surface area (TPSA) is 23.6 Å². The minimum atomic E-state index is -0.347. The second kappa shape index (κ2) is 6.89. The van der Waals surface area contributed by atoms with E-state index < -0.39 is 0 Å². The van der Waals surface area contributed by atoms with Crippen molar-refractivity contribution in [3.8, 4) is 0 Å². The lowest BCUT2D eigenvalue weighted by atomic mass is 9.92. The van der Waals surface area contributed by atoms with Crippen molar-refractivity contribution >= 4 is 17.2 Å². The Morgan fingerprint density at radius 3 is 2.84 bits per heavy atom. The zero-order chi connectivity index (χ0) is 17.4. The molecule has 2 aromatic rings. The van der Waals surface area contributed by atoms with Crippen LogP contribution in [0.1, 0.15) is 33.0 Å². The van der Waals surface area contributed by atoms with Crippen molar-refractivity contribution < 1.29 is 9.18 Å². The number of halogens is 1. The number of thiophene rings is 1.